The molecule has 26 heavy (non-hydrogen) atoms. The molecular formula is C19H25N5O2. The molecule has 2 aromatic rings. The van der Waals surface area contributed by atoms with Gasteiger partial charge in [0.1, 0.15) is 6.04 Å². The van der Waals surface area contributed by atoms with Gasteiger partial charge in [0, 0.05) is 38.9 Å². The molecule has 2 amide bonds. The molecule has 1 fully saturated rings. The standard InChI is InChI=1S/C19H25N5O2/c1-14-16(12-21-22-14)19(26)24-11-10-23(17(13-24)18(25)20-2)9-8-15-6-4-3-5-7-15/h3-7,12,17H,8-11,13H2,1-2H3,(H,20,25)(H,21,22)/t17-/m0/s1. The first-order valence-electron chi connectivity index (χ1n) is 8.89. The van der Waals surface area contributed by atoms with E-state index in [1.807, 2.05) is 25.1 Å². The first kappa shape index (κ1) is 18.1. The number of benzene rings is 1. The molecule has 0 saturated carbocycles. The highest BCUT2D eigenvalue weighted by Crippen LogP contribution is 2.16. The molecule has 0 radical (unpaired) electrons. The molecule has 0 spiro atoms. The van der Waals surface area contributed by atoms with E-state index in [0.717, 1.165) is 18.7 Å². The lowest BCUT2D eigenvalue weighted by atomic mass is 10.1. The number of nitrogens with zero attached hydrogens (tertiary/aromatic N) is 3. The second-order valence-corrected chi connectivity index (χ2v) is 6.56. The van der Waals surface area contributed by atoms with Gasteiger partial charge in [0.05, 0.1) is 11.8 Å². The first-order valence-corrected chi connectivity index (χ1v) is 8.89. The third kappa shape index (κ3) is 3.94. The Morgan fingerprint density at radius 2 is 2.04 bits per heavy atom. The number of aromatic amines is 1. The predicted molar refractivity (Wildman–Crippen MR) is 98.8 cm³/mol. The van der Waals surface area contributed by atoms with Gasteiger partial charge in [-0.1, -0.05) is 30.3 Å². The maximum absolute atomic E-state index is 12.7. The number of carbonyl (C=O) groups is 2. The summed E-state index contributed by atoms with van der Waals surface area (Å²) in [5.41, 5.74) is 2.56. The van der Waals surface area contributed by atoms with E-state index in [4.69, 9.17) is 0 Å². The predicted octanol–water partition coefficient (Wildman–Crippen LogP) is 0.833. The number of likely N-dealkylation sites (N-methyl/N-ethyl adjacent to an activating group) is 1. The van der Waals surface area contributed by atoms with Crippen molar-refractivity contribution in [1.82, 2.24) is 25.3 Å². The number of piperazine rings is 1. The molecule has 7 heteroatoms. The average Bonchev–Trinajstić information content (AvgIpc) is 3.11. The number of aromatic nitrogens is 2. The van der Waals surface area contributed by atoms with Crippen molar-refractivity contribution in [2.24, 2.45) is 0 Å². The van der Waals surface area contributed by atoms with Crippen LogP contribution in [0.5, 0.6) is 0 Å². The van der Waals surface area contributed by atoms with Gasteiger partial charge in [0.15, 0.2) is 0 Å². The van der Waals surface area contributed by atoms with Crippen molar-refractivity contribution >= 4 is 11.8 Å². The smallest absolute Gasteiger partial charge is 0.257 e. The summed E-state index contributed by atoms with van der Waals surface area (Å²) in [5, 5.41) is 9.45. The fourth-order valence-corrected chi connectivity index (χ4v) is 3.34. The lowest BCUT2D eigenvalue weighted by molar-refractivity contribution is -0.127. The second-order valence-electron chi connectivity index (χ2n) is 6.56. The Morgan fingerprint density at radius 3 is 2.69 bits per heavy atom. The molecule has 1 aliphatic heterocycles. The van der Waals surface area contributed by atoms with Crippen LogP contribution in [0.3, 0.4) is 0 Å². The molecule has 138 valence electrons. The SMILES string of the molecule is CNC(=O)[C@@H]1CN(C(=O)c2cn[nH]c2C)CCN1CCc1ccccc1. The van der Waals surface area contributed by atoms with E-state index < -0.39 is 0 Å². The van der Waals surface area contributed by atoms with Crippen LogP contribution < -0.4 is 5.32 Å². The lowest BCUT2D eigenvalue weighted by Crippen LogP contribution is -2.60. The number of carbonyl (C=O) groups excluding carboxylic acids is 2. The Morgan fingerprint density at radius 1 is 1.27 bits per heavy atom. The summed E-state index contributed by atoms with van der Waals surface area (Å²) in [6, 6.07) is 9.89. The number of aryl methyl sites for hydroxylation is 1. The third-order valence-corrected chi connectivity index (χ3v) is 4.92. The zero-order chi connectivity index (χ0) is 18.5. The van der Waals surface area contributed by atoms with Crippen LogP contribution in [0.25, 0.3) is 0 Å². The largest absolute Gasteiger partial charge is 0.358 e. The number of rotatable bonds is 5. The maximum atomic E-state index is 12.7. The minimum absolute atomic E-state index is 0.0560. The number of nitrogens with one attached hydrogen (secondary N) is 2. The molecule has 1 aromatic carbocycles. The molecule has 0 bridgehead atoms. The Labute approximate surface area is 153 Å². The fraction of sp³-hybridized carbons (Fsp3) is 0.421. The van der Waals surface area contributed by atoms with E-state index in [9.17, 15) is 9.59 Å². The van der Waals surface area contributed by atoms with Crippen LogP contribution in [-0.4, -0.2) is 71.1 Å². The van der Waals surface area contributed by atoms with E-state index in [0.29, 0.717) is 25.2 Å². The van der Waals surface area contributed by atoms with Crippen LogP contribution in [0, 0.1) is 6.92 Å². The van der Waals surface area contributed by atoms with Crippen LogP contribution in [0.1, 0.15) is 21.6 Å². The Kier molecular flexibility index (Phi) is 5.68. The van der Waals surface area contributed by atoms with Crippen molar-refractivity contribution in [3.05, 3.63) is 53.3 Å². The van der Waals surface area contributed by atoms with Gasteiger partial charge in [-0.2, -0.15) is 5.10 Å². The lowest BCUT2D eigenvalue weighted by Gasteiger charge is -2.40. The minimum Gasteiger partial charge on any atom is -0.358 e. The van der Waals surface area contributed by atoms with Gasteiger partial charge in [0.25, 0.3) is 5.91 Å². The number of amides is 2. The van der Waals surface area contributed by atoms with Crippen molar-refractivity contribution < 1.29 is 9.59 Å². The fourth-order valence-electron chi connectivity index (χ4n) is 3.34. The van der Waals surface area contributed by atoms with E-state index >= 15 is 0 Å². The highest BCUT2D eigenvalue weighted by atomic mass is 16.2. The zero-order valence-electron chi connectivity index (χ0n) is 15.2. The summed E-state index contributed by atoms with van der Waals surface area (Å²) in [6.07, 6.45) is 2.43. The Bertz CT molecular complexity index is 758. The molecular weight excluding hydrogens is 330 g/mol. The summed E-state index contributed by atoms with van der Waals surface area (Å²) in [6.45, 7) is 4.28. The molecule has 1 atom stereocenters. The van der Waals surface area contributed by atoms with Crippen LogP contribution in [0.15, 0.2) is 36.5 Å². The minimum atomic E-state index is -0.339. The normalized spacial score (nSPS) is 17.9. The first-order chi connectivity index (χ1) is 12.6. The number of hydrogen-bond donors (Lipinski definition) is 2. The van der Waals surface area contributed by atoms with Crippen molar-refractivity contribution in [3.63, 3.8) is 0 Å². The summed E-state index contributed by atoms with van der Waals surface area (Å²) in [4.78, 5) is 29.1. The summed E-state index contributed by atoms with van der Waals surface area (Å²) in [5.74, 6) is -0.132. The van der Waals surface area contributed by atoms with Crippen molar-refractivity contribution in [2.45, 2.75) is 19.4 Å². The molecule has 1 aromatic heterocycles. The molecule has 0 aliphatic carbocycles. The second kappa shape index (κ2) is 8.14. The number of hydrogen-bond acceptors (Lipinski definition) is 4. The van der Waals surface area contributed by atoms with Crippen LogP contribution >= 0.6 is 0 Å². The molecule has 1 aliphatic rings. The zero-order valence-corrected chi connectivity index (χ0v) is 15.2. The average molecular weight is 355 g/mol. The molecule has 7 nitrogen and oxygen atoms in total. The van der Waals surface area contributed by atoms with Gasteiger partial charge < -0.3 is 10.2 Å². The summed E-state index contributed by atoms with van der Waals surface area (Å²) < 4.78 is 0. The highest BCUT2D eigenvalue weighted by molar-refractivity contribution is 5.95. The molecule has 0 unspecified atom stereocenters. The Hall–Kier alpha value is -2.67. The van der Waals surface area contributed by atoms with Crippen molar-refractivity contribution in [3.8, 4) is 0 Å². The Balaban J connectivity index is 1.68. The van der Waals surface area contributed by atoms with Gasteiger partial charge in [-0.15, -0.1) is 0 Å². The van der Waals surface area contributed by atoms with Gasteiger partial charge in [-0.05, 0) is 18.9 Å². The summed E-state index contributed by atoms with van der Waals surface area (Å²) >= 11 is 0. The molecule has 3 rings (SSSR count). The van der Waals surface area contributed by atoms with Gasteiger partial charge in [-0.25, -0.2) is 0 Å². The van der Waals surface area contributed by atoms with Crippen molar-refractivity contribution in [1.29, 1.82) is 0 Å². The van der Waals surface area contributed by atoms with E-state index in [1.165, 1.54) is 5.56 Å². The number of H-pyrrole nitrogens is 1. The van der Waals surface area contributed by atoms with Crippen molar-refractivity contribution in [2.75, 3.05) is 33.2 Å². The maximum Gasteiger partial charge on any atom is 0.257 e. The summed E-state index contributed by atoms with van der Waals surface area (Å²) in [7, 11) is 1.64. The topological polar surface area (TPSA) is 81.3 Å². The van der Waals surface area contributed by atoms with Gasteiger partial charge >= 0.3 is 0 Å². The molecule has 2 N–H and O–H groups in total. The van der Waals surface area contributed by atoms with E-state index in [-0.39, 0.29) is 17.9 Å². The molecule has 2 heterocycles. The quantitative estimate of drug-likeness (QED) is 0.833. The van der Waals surface area contributed by atoms with Gasteiger partial charge in [0.2, 0.25) is 5.91 Å². The van der Waals surface area contributed by atoms with Crippen LogP contribution in [0.2, 0.25) is 0 Å². The van der Waals surface area contributed by atoms with Crippen LogP contribution in [-0.2, 0) is 11.2 Å². The highest BCUT2D eigenvalue weighted by Gasteiger charge is 2.34. The van der Waals surface area contributed by atoms with Gasteiger partial charge in [-0.3, -0.25) is 19.6 Å². The monoisotopic (exact) mass is 355 g/mol. The molecule has 1 saturated heterocycles. The third-order valence-electron chi connectivity index (χ3n) is 4.92. The van der Waals surface area contributed by atoms with E-state index in [1.54, 1.807) is 18.1 Å². The van der Waals surface area contributed by atoms with E-state index in [2.05, 4.69) is 32.5 Å². The van der Waals surface area contributed by atoms with Crippen LogP contribution in [0.4, 0.5) is 0 Å².